The topological polar surface area (TPSA) is 66.5 Å². The van der Waals surface area contributed by atoms with E-state index in [9.17, 15) is 4.79 Å². The number of anilines is 1. The summed E-state index contributed by atoms with van der Waals surface area (Å²) < 4.78 is 12.2. The third-order valence-corrected chi connectivity index (χ3v) is 4.74. The molecule has 0 aliphatic rings. The molecule has 1 aromatic heterocycles. The van der Waals surface area contributed by atoms with E-state index in [1.807, 2.05) is 56.3 Å². The highest BCUT2D eigenvalue weighted by Gasteiger charge is 2.24. The molecule has 0 atom stereocenters. The van der Waals surface area contributed by atoms with Crippen molar-refractivity contribution in [3.63, 3.8) is 0 Å². The van der Waals surface area contributed by atoms with Gasteiger partial charge in [0.1, 0.15) is 11.3 Å². The molecule has 0 saturated carbocycles. The average Bonchev–Trinajstić information content (AvgIpc) is 2.99. The summed E-state index contributed by atoms with van der Waals surface area (Å²) in [5.41, 5.74) is 2.13. The van der Waals surface area contributed by atoms with Gasteiger partial charge in [-0.2, -0.15) is 5.26 Å². The normalized spacial score (nSPS) is 10.6. The quantitative estimate of drug-likeness (QED) is 0.524. The van der Waals surface area contributed by atoms with Crippen LogP contribution in [0.4, 0.5) is 5.69 Å². The van der Waals surface area contributed by atoms with E-state index in [0.717, 1.165) is 21.2 Å². The zero-order valence-corrected chi connectivity index (χ0v) is 16.7. The molecular weight excluding hydrogens is 408 g/mol. The molecule has 0 fully saturated rings. The maximum absolute atomic E-state index is 13.2. The molecule has 0 spiro atoms. The average molecular weight is 427 g/mol. The lowest BCUT2D eigenvalue weighted by Crippen LogP contribution is -2.32. The van der Waals surface area contributed by atoms with Gasteiger partial charge in [-0.05, 0) is 56.3 Å². The molecule has 27 heavy (non-hydrogen) atoms. The van der Waals surface area contributed by atoms with E-state index >= 15 is 0 Å². The molecule has 3 aromatic rings. The first-order valence-electron chi connectivity index (χ1n) is 8.65. The molecule has 0 N–H and O–H groups in total. The van der Waals surface area contributed by atoms with E-state index in [4.69, 9.17) is 14.4 Å². The van der Waals surface area contributed by atoms with Crippen molar-refractivity contribution < 1.29 is 13.9 Å². The molecule has 138 valence electrons. The van der Waals surface area contributed by atoms with Crippen molar-refractivity contribution in [1.29, 1.82) is 5.26 Å². The molecule has 3 rings (SSSR count). The molecule has 0 aliphatic carbocycles. The summed E-state index contributed by atoms with van der Waals surface area (Å²) in [6.45, 7) is 4.64. The Labute approximate surface area is 166 Å². The molecule has 0 radical (unpaired) electrons. The lowest BCUT2D eigenvalue weighted by Gasteiger charge is -2.21. The third kappa shape index (κ3) is 3.99. The molecule has 2 aromatic carbocycles. The van der Waals surface area contributed by atoms with Gasteiger partial charge in [0.25, 0.3) is 5.91 Å². The molecule has 0 bridgehead atoms. The number of aryl methyl sites for hydroxylation is 1. The summed E-state index contributed by atoms with van der Waals surface area (Å²) in [5, 5.41) is 9.88. The summed E-state index contributed by atoms with van der Waals surface area (Å²) in [4.78, 5) is 14.8. The van der Waals surface area contributed by atoms with Crippen molar-refractivity contribution >= 4 is 38.5 Å². The number of nitriles is 1. The number of carbonyl (C=O) groups excluding carboxylic acids is 1. The van der Waals surface area contributed by atoms with E-state index < -0.39 is 0 Å². The van der Waals surface area contributed by atoms with Crippen LogP contribution in [-0.4, -0.2) is 19.1 Å². The number of hydrogen-bond donors (Lipinski definition) is 0. The summed E-state index contributed by atoms with van der Waals surface area (Å²) >= 11 is 3.45. The first-order valence-corrected chi connectivity index (χ1v) is 9.44. The van der Waals surface area contributed by atoms with Crippen LogP contribution in [0.25, 0.3) is 11.0 Å². The fraction of sp³-hybridized carbons (Fsp3) is 0.238. The minimum Gasteiger partial charge on any atom is -0.494 e. The van der Waals surface area contributed by atoms with Crippen LogP contribution in [0.1, 0.15) is 29.5 Å². The second-order valence-electron chi connectivity index (χ2n) is 5.99. The molecule has 6 heteroatoms. The predicted octanol–water partition coefficient (Wildman–Crippen LogP) is 5.46. The Morgan fingerprint density at radius 3 is 2.67 bits per heavy atom. The Hall–Kier alpha value is -2.78. The number of amides is 1. The smallest absolute Gasteiger partial charge is 0.294 e. The first kappa shape index (κ1) is 19.0. The van der Waals surface area contributed by atoms with Crippen LogP contribution in [0, 0.1) is 18.3 Å². The number of ether oxygens (including phenoxy) is 1. The number of benzene rings is 2. The third-order valence-electron chi connectivity index (χ3n) is 4.24. The molecule has 0 saturated heterocycles. The van der Waals surface area contributed by atoms with Gasteiger partial charge in [0.2, 0.25) is 0 Å². The van der Waals surface area contributed by atoms with Crippen molar-refractivity contribution in [3.05, 3.63) is 58.3 Å². The van der Waals surface area contributed by atoms with Crippen LogP contribution in [0.3, 0.4) is 0 Å². The summed E-state index contributed by atoms with van der Waals surface area (Å²) in [5.74, 6) is 0.757. The molecule has 0 aliphatic heterocycles. The number of rotatable bonds is 6. The van der Waals surface area contributed by atoms with Crippen LogP contribution >= 0.6 is 15.9 Å². The van der Waals surface area contributed by atoms with E-state index in [1.54, 1.807) is 4.90 Å². The Bertz CT molecular complexity index is 1000. The summed E-state index contributed by atoms with van der Waals surface area (Å²) in [6.07, 6.45) is 0.226. The fourth-order valence-corrected chi connectivity index (χ4v) is 3.28. The standard InChI is InChI=1S/C21H19BrN2O3/c1-3-26-17-8-6-16(7-9-17)24(12-4-11-23)21(25)20-14(2)18-13-15(22)5-10-19(18)27-20/h5-10,13H,3-4,12H2,1-2H3. The van der Waals surface area contributed by atoms with Crippen molar-refractivity contribution in [1.82, 2.24) is 0 Å². The van der Waals surface area contributed by atoms with Crippen LogP contribution in [0.2, 0.25) is 0 Å². The molecule has 1 amide bonds. The highest BCUT2D eigenvalue weighted by atomic mass is 79.9. The van der Waals surface area contributed by atoms with Crippen LogP contribution < -0.4 is 9.64 Å². The second-order valence-corrected chi connectivity index (χ2v) is 6.90. The Balaban J connectivity index is 1.98. The number of hydrogen-bond acceptors (Lipinski definition) is 4. The Kier molecular flexibility index (Phi) is 5.82. The van der Waals surface area contributed by atoms with Gasteiger partial charge in [-0.25, -0.2) is 0 Å². The lowest BCUT2D eigenvalue weighted by molar-refractivity contribution is 0.0962. The van der Waals surface area contributed by atoms with Gasteiger partial charge in [0.05, 0.1) is 19.1 Å². The maximum atomic E-state index is 13.2. The van der Waals surface area contributed by atoms with Crippen molar-refractivity contribution in [2.45, 2.75) is 20.3 Å². The van der Waals surface area contributed by atoms with Gasteiger partial charge in [0, 0.05) is 27.7 Å². The second kappa shape index (κ2) is 8.28. The Morgan fingerprint density at radius 1 is 1.26 bits per heavy atom. The van der Waals surface area contributed by atoms with Crippen LogP contribution in [0.15, 0.2) is 51.4 Å². The number of halogens is 1. The van der Waals surface area contributed by atoms with E-state index in [0.29, 0.717) is 17.9 Å². The zero-order valence-electron chi connectivity index (χ0n) is 15.2. The zero-order chi connectivity index (χ0) is 19.4. The largest absolute Gasteiger partial charge is 0.494 e. The van der Waals surface area contributed by atoms with Crippen molar-refractivity contribution in [2.24, 2.45) is 0 Å². The van der Waals surface area contributed by atoms with E-state index in [-0.39, 0.29) is 24.6 Å². The highest BCUT2D eigenvalue weighted by Crippen LogP contribution is 2.30. The van der Waals surface area contributed by atoms with E-state index in [1.165, 1.54) is 0 Å². The minimum atomic E-state index is -0.265. The van der Waals surface area contributed by atoms with E-state index in [2.05, 4.69) is 22.0 Å². The van der Waals surface area contributed by atoms with Gasteiger partial charge in [-0.3, -0.25) is 4.79 Å². The summed E-state index contributed by atoms with van der Waals surface area (Å²) in [6, 6.07) is 15.0. The number of carbonyl (C=O) groups is 1. The number of fused-ring (bicyclic) bond motifs is 1. The number of furan rings is 1. The fourth-order valence-electron chi connectivity index (χ4n) is 2.92. The summed E-state index contributed by atoms with van der Waals surface area (Å²) in [7, 11) is 0. The van der Waals surface area contributed by atoms with Gasteiger partial charge in [-0.15, -0.1) is 0 Å². The van der Waals surface area contributed by atoms with Gasteiger partial charge in [-0.1, -0.05) is 15.9 Å². The van der Waals surface area contributed by atoms with Crippen molar-refractivity contribution in [2.75, 3.05) is 18.1 Å². The van der Waals surface area contributed by atoms with Gasteiger partial charge >= 0.3 is 0 Å². The molecule has 1 heterocycles. The van der Waals surface area contributed by atoms with Gasteiger partial charge < -0.3 is 14.1 Å². The number of nitrogens with zero attached hydrogens (tertiary/aromatic N) is 2. The maximum Gasteiger partial charge on any atom is 0.294 e. The van der Waals surface area contributed by atoms with Crippen molar-refractivity contribution in [3.8, 4) is 11.8 Å². The van der Waals surface area contributed by atoms with Crippen LogP contribution in [-0.2, 0) is 0 Å². The highest BCUT2D eigenvalue weighted by molar-refractivity contribution is 9.10. The SMILES string of the molecule is CCOc1ccc(N(CCC#N)C(=O)c2oc3ccc(Br)cc3c2C)cc1. The lowest BCUT2D eigenvalue weighted by atomic mass is 10.1. The molecular formula is C21H19BrN2O3. The van der Waals surface area contributed by atoms with Crippen LogP contribution in [0.5, 0.6) is 5.75 Å². The minimum absolute atomic E-state index is 0.226. The molecule has 0 unspecified atom stereocenters. The monoisotopic (exact) mass is 426 g/mol. The van der Waals surface area contributed by atoms with Gasteiger partial charge in [0.15, 0.2) is 5.76 Å². The Morgan fingerprint density at radius 2 is 2.00 bits per heavy atom. The molecule has 5 nitrogen and oxygen atoms in total. The predicted molar refractivity (Wildman–Crippen MR) is 108 cm³/mol. The first-order chi connectivity index (χ1) is 13.0.